The van der Waals surface area contributed by atoms with Crippen LogP contribution >= 0.6 is 0 Å². The first-order chi connectivity index (χ1) is 12.3. The summed E-state index contributed by atoms with van der Waals surface area (Å²) < 4.78 is 28.1. The number of rotatable bonds is 5. The minimum absolute atomic E-state index is 0.0120. The zero-order valence-electron chi connectivity index (χ0n) is 15.2. The second-order valence-electron chi connectivity index (χ2n) is 6.93. The molecule has 2 aliphatic heterocycles. The van der Waals surface area contributed by atoms with Crippen LogP contribution in [-0.2, 0) is 26.0 Å². The van der Waals surface area contributed by atoms with Crippen molar-refractivity contribution in [3.05, 3.63) is 23.8 Å². The fourth-order valence-corrected chi connectivity index (χ4v) is 4.97. The minimum Gasteiger partial charge on any atom is -0.341 e. The maximum atomic E-state index is 12.7. The van der Waals surface area contributed by atoms with Gasteiger partial charge in [0.05, 0.1) is 4.90 Å². The van der Waals surface area contributed by atoms with Crippen LogP contribution in [0.4, 0.5) is 5.69 Å². The number of carbonyl (C=O) groups is 2. The number of likely N-dealkylation sites (tertiary alicyclic amines) is 1. The van der Waals surface area contributed by atoms with Crippen LogP contribution in [0, 0.1) is 0 Å². The molecule has 1 N–H and O–H groups in total. The Morgan fingerprint density at radius 2 is 2.12 bits per heavy atom. The van der Waals surface area contributed by atoms with Gasteiger partial charge < -0.3 is 9.80 Å². The summed E-state index contributed by atoms with van der Waals surface area (Å²) in [4.78, 5) is 27.3. The van der Waals surface area contributed by atoms with E-state index in [1.54, 1.807) is 21.9 Å². The molecule has 1 unspecified atom stereocenters. The highest BCUT2D eigenvalue weighted by Gasteiger charge is 2.32. The fraction of sp³-hybridized carbons (Fsp3) is 0.556. The Morgan fingerprint density at radius 1 is 1.35 bits per heavy atom. The monoisotopic (exact) mass is 379 g/mol. The summed E-state index contributed by atoms with van der Waals surface area (Å²) in [6.07, 6.45) is 2.60. The van der Waals surface area contributed by atoms with Crippen LogP contribution in [0.15, 0.2) is 23.1 Å². The second kappa shape index (κ2) is 7.36. The molecule has 0 radical (unpaired) electrons. The van der Waals surface area contributed by atoms with E-state index in [9.17, 15) is 18.0 Å². The molecule has 2 aliphatic rings. The van der Waals surface area contributed by atoms with Crippen LogP contribution in [-0.4, -0.2) is 50.8 Å². The zero-order chi connectivity index (χ0) is 18.9. The predicted octanol–water partition coefficient (Wildman–Crippen LogP) is 1.27. The van der Waals surface area contributed by atoms with Gasteiger partial charge in [-0.1, -0.05) is 6.92 Å². The number of nitrogens with one attached hydrogen (secondary N) is 1. The Balaban J connectivity index is 1.78. The molecule has 1 fully saturated rings. The first-order valence-electron chi connectivity index (χ1n) is 9.03. The van der Waals surface area contributed by atoms with Gasteiger partial charge in [0.2, 0.25) is 21.8 Å². The van der Waals surface area contributed by atoms with Gasteiger partial charge in [0.1, 0.15) is 0 Å². The van der Waals surface area contributed by atoms with Crippen LogP contribution in [0.5, 0.6) is 0 Å². The maximum absolute atomic E-state index is 12.7. The number of nitrogens with zero attached hydrogens (tertiary/aromatic N) is 2. The summed E-state index contributed by atoms with van der Waals surface area (Å²) in [5.74, 6) is -0.0535. The maximum Gasteiger partial charge on any atom is 0.240 e. The highest BCUT2D eigenvalue weighted by Crippen LogP contribution is 2.29. The molecule has 7 nitrogen and oxygen atoms in total. The van der Waals surface area contributed by atoms with Crippen molar-refractivity contribution in [1.29, 1.82) is 0 Å². The Labute approximate surface area is 154 Å². The van der Waals surface area contributed by atoms with Crippen LogP contribution < -0.4 is 9.62 Å². The molecular formula is C18H25N3O4S. The largest absolute Gasteiger partial charge is 0.341 e. The molecule has 0 spiro atoms. The summed E-state index contributed by atoms with van der Waals surface area (Å²) in [6.45, 7) is 5.22. The quantitative estimate of drug-likeness (QED) is 0.835. The van der Waals surface area contributed by atoms with Gasteiger partial charge >= 0.3 is 0 Å². The zero-order valence-corrected chi connectivity index (χ0v) is 16.0. The standard InChI is InChI=1S/C18H25N3O4S/c1-3-8-20-12-15(11-18(20)23)19-26(24,25)16-6-7-17-14(10-16)5-4-9-21(17)13(2)22/h6-7,10,15,19H,3-5,8-9,11-12H2,1-2H3. The van der Waals surface area contributed by atoms with E-state index < -0.39 is 16.1 Å². The molecule has 142 valence electrons. The molecule has 1 saturated heterocycles. The Bertz CT molecular complexity index is 822. The number of carbonyl (C=O) groups excluding carboxylic acids is 2. The number of fused-ring (bicyclic) bond motifs is 1. The minimum atomic E-state index is -3.71. The van der Waals surface area contributed by atoms with Gasteiger partial charge in [-0.2, -0.15) is 0 Å². The Hall–Kier alpha value is -1.93. The van der Waals surface area contributed by atoms with Crippen LogP contribution in [0.3, 0.4) is 0 Å². The van der Waals surface area contributed by atoms with E-state index in [1.807, 2.05) is 6.92 Å². The van der Waals surface area contributed by atoms with Crippen molar-refractivity contribution in [2.24, 2.45) is 0 Å². The van der Waals surface area contributed by atoms with Crippen LogP contribution in [0.2, 0.25) is 0 Å². The van der Waals surface area contributed by atoms with Gasteiger partial charge in [-0.3, -0.25) is 9.59 Å². The lowest BCUT2D eigenvalue weighted by molar-refractivity contribution is -0.127. The summed E-state index contributed by atoms with van der Waals surface area (Å²) in [7, 11) is -3.71. The fourth-order valence-electron chi connectivity index (χ4n) is 3.69. The van der Waals surface area contributed by atoms with E-state index in [2.05, 4.69) is 4.72 Å². The number of hydrogen-bond donors (Lipinski definition) is 1. The first-order valence-corrected chi connectivity index (χ1v) is 10.5. The number of hydrogen-bond acceptors (Lipinski definition) is 4. The van der Waals surface area contributed by atoms with E-state index in [-0.39, 0.29) is 23.1 Å². The molecule has 0 saturated carbocycles. The second-order valence-corrected chi connectivity index (χ2v) is 8.64. The van der Waals surface area contributed by atoms with Crippen LogP contribution in [0.1, 0.15) is 38.7 Å². The Kier molecular flexibility index (Phi) is 5.34. The number of amides is 2. The lowest BCUT2D eigenvalue weighted by Crippen LogP contribution is -2.37. The molecule has 3 rings (SSSR count). The molecule has 0 aliphatic carbocycles. The Morgan fingerprint density at radius 3 is 2.81 bits per heavy atom. The lowest BCUT2D eigenvalue weighted by atomic mass is 10.0. The van der Waals surface area contributed by atoms with Crippen molar-refractivity contribution in [2.45, 2.75) is 50.5 Å². The van der Waals surface area contributed by atoms with Gasteiger partial charge in [-0.05, 0) is 43.0 Å². The average molecular weight is 379 g/mol. The summed E-state index contributed by atoms with van der Waals surface area (Å²) in [6, 6.07) is 4.48. The molecule has 0 bridgehead atoms. The lowest BCUT2D eigenvalue weighted by Gasteiger charge is -2.29. The molecule has 0 aromatic heterocycles. The van der Waals surface area contributed by atoms with Crippen molar-refractivity contribution in [2.75, 3.05) is 24.5 Å². The third-order valence-corrected chi connectivity index (χ3v) is 6.41. The SMILES string of the molecule is CCCN1CC(NS(=O)(=O)c2ccc3c(c2)CCCN3C(C)=O)CC1=O. The van der Waals surface area contributed by atoms with Gasteiger partial charge in [0, 0.05) is 44.7 Å². The van der Waals surface area contributed by atoms with Crippen molar-refractivity contribution in [1.82, 2.24) is 9.62 Å². The van der Waals surface area contributed by atoms with Gasteiger partial charge in [-0.25, -0.2) is 13.1 Å². The average Bonchev–Trinajstić information content (AvgIpc) is 2.92. The van der Waals surface area contributed by atoms with E-state index in [0.29, 0.717) is 19.6 Å². The van der Waals surface area contributed by atoms with Gasteiger partial charge in [0.15, 0.2) is 0 Å². The molecule has 1 aromatic carbocycles. The number of benzene rings is 1. The predicted molar refractivity (Wildman–Crippen MR) is 98.4 cm³/mol. The molecule has 1 aromatic rings. The normalized spacial score (nSPS) is 20.4. The molecule has 8 heteroatoms. The third kappa shape index (κ3) is 3.76. The molecular weight excluding hydrogens is 354 g/mol. The van der Waals surface area contributed by atoms with Crippen molar-refractivity contribution < 1.29 is 18.0 Å². The highest BCUT2D eigenvalue weighted by atomic mass is 32.2. The smallest absolute Gasteiger partial charge is 0.240 e. The number of anilines is 1. The van der Waals surface area contributed by atoms with Crippen molar-refractivity contribution in [3.8, 4) is 0 Å². The molecule has 2 amide bonds. The summed E-state index contributed by atoms with van der Waals surface area (Å²) >= 11 is 0. The first kappa shape index (κ1) is 18.8. The van der Waals surface area contributed by atoms with E-state index in [1.165, 1.54) is 13.0 Å². The van der Waals surface area contributed by atoms with E-state index >= 15 is 0 Å². The van der Waals surface area contributed by atoms with Gasteiger partial charge in [-0.15, -0.1) is 0 Å². The number of sulfonamides is 1. The third-order valence-electron chi connectivity index (χ3n) is 4.89. The van der Waals surface area contributed by atoms with Crippen molar-refractivity contribution in [3.63, 3.8) is 0 Å². The van der Waals surface area contributed by atoms with Crippen molar-refractivity contribution >= 4 is 27.5 Å². The molecule has 2 heterocycles. The van der Waals surface area contributed by atoms with E-state index in [0.717, 1.165) is 30.5 Å². The van der Waals surface area contributed by atoms with E-state index in [4.69, 9.17) is 0 Å². The van der Waals surface area contributed by atoms with Crippen LogP contribution in [0.25, 0.3) is 0 Å². The van der Waals surface area contributed by atoms with Gasteiger partial charge in [0.25, 0.3) is 0 Å². The number of aryl methyl sites for hydroxylation is 1. The molecule has 1 atom stereocenters. The topological polar surface area (TPSA) is 86.8 Å². The summed E-state index contributed by atoms with van der Waals surface area (Å²) in [5, 5.41) is 0. The molecule has 26 heavy (non-hydrogen) atoms. The highest BCUT2D eigenvalue weighted by molar-refractivity contribution is 7.89. The summed E-state index contributed by atoms with van der Waals surface area (Å²) in [5.41, 5.74) is 1.65.